The summed E-state index contributed by atoms with van der Waals surface area (Å²) in [4.78, 5) is 12.1. The number of halogens is 2. The Morgan fingerprint density at radius 2 is 1.82 bits per heavy atom. The second kappa shape index (κ2) is 6.50. The zero-order valence-electron chi connectivity index (χ0n) is 12.2. The molecule has 120 valence electrons. The first-order chi connectivity index (χ1) is 10.6. The molecule has 0 unspecified atom stereocenters. The van der Waals surface area contributed by atoms with E-state index in [4.69, 9.17) is 0 Å². The lowest BCUT2D eigenvalue weighted by Gasteiger charge is -2.18. The fraction of sp³-hybridized carbons (Fsp3) is 0.562. The first-order valence-corrected chi connectivity index (χ1v) is 7.70. The van der Waals surface area contributed by atoms with Crippen molar-refractivity contribution in [2.45, 2.75) is 38.3 Å². The highest BCUT2D eigenvalue weighted by Gasteiger charge is 2.42. The molecule has 1 amide bonds. The predicted molar refractivity (Wildman–Crippen MR) is 78.9 cm³/mol. The van der Waals surface area contributed by atoms with E-state index in [0.29, 0.717) is 23.6 Å². The lowest BCUT2D eigenvalue weighted by Crippen LogP contribution is -2.41. The summed E-state index contributed by atoms with van der Waals surface area (Å²) in [6.07, 6.45) is 4.78. The molecule has 0 aliphatic heterocycles. The molecule has 4 nitrogen and oxygen atoms in total. The van der Waals surface area contributed by atoms with Gasteiger partial charge in [-0.3, -0.25) is 4.79 Å². The van der Waals surface area contributed by atoms with Crippen molar-refractivity contribution < 1.29 is 18.3 Å². The zero-order valence-corrected chi connectivity index (χ0v) is 12.2. The van der Waals surface area contributed by atoms with Gasteiger partial charge in [-0.1, -0.05) is 12.1 Å². The number of para-hydroxylation sites is 2. The van der Waals surface area contributed by atoms with Crippen LogP contribution in [0.3, 0.4) is 0 Å². The van der Waals surface area contributed by atoms with Crippen LogP contribution < -0.4 is 15.4 Å². The summed E-state index contributed by atoms with van der Waals surface area (Å²) >= 11 is 0. The maximum atomic E-state index is 12.3. The molecule has 1 aromatic carbocycles. The second-order valence-electron chi connectivity index (χ2n) is 6.00. The molecular weight excluding hydrogens is 290 g/mol. The summed E-state index contributed by atoms with van der Waals surface area (Å²) in [5, 5.41) is 5.95. The Morgan fingerprint density at radius 3 is 2.41 bits per heavy atom. The Morgan fingerprint density at radius 1 is 1.18 bits per heavy atom. The lowest BCUT2D eigenvalue weighted by atomic mass is 10.1. The van der Waals surface area contributed by atoms with Gasteiger partial charge in [0.1, 0.15) is 5.75 Å². The van der Waals surface area contributed by atoms with Crippen molar-refractivity contribution in [2.24, 2.45) is 11.8 Å². The van der Waals surface area contributed by atoms with Crippen LogP contribution in [0, 0.1) is 11.8 Å². The van der Waals surface area contributed by atoms with Crippen molar-refractivity contribution in [3.63, 3.8) is 0 Å². The smallest absolute Gasteiger partial charge is 0.387 e. The number of alkyl halides is 2. The van der Waals surface area contributed by atoms with E-state index in [1.54, 1.807) is 18.2 Å². The number of hydrogen-bond acceptors (Lipinski definition) is 3. The summed E-state index contributed by atoms with van der Waals surface area (Å²) in [7, 11) is 0. The Bertz CT molecular complexity index is 519. The normalized spacial score (nSPS) is 17.6. The van der Waals surface area contributed by atoms with E-state index in [0.717, 1.165) is 0 Å². The zero-order chi connectivity index (χ0) is 15.5. The summed E-state index contributed by atoms with van der Waals surface area (Å²) in [5.41, 5.74) is 0.396. The van der Waals surface area contributed by atoms with E-state index >= 15 is 0 Å². The van der Waals surface area contributed by atoms with Crippen LogP contribution in [0.1, 0.15) is 25.7 Å². The van der Waals surface area contributed by atoms with Crippen LogP contribution in [0.2, 0.25) is 0 Å². The molecule has 2 N–H and O–H groups in total. The average molecular weight is 310 g/mol. The molecule has 2 aliphatic rings. The van der Waals surface area contributed by atoms with Crippen LogP contribution in [-0.4, -0.2) is 25.1 Å². The first kappa shape index (κ1) is 15.1. The number of anilines is 1. The quantitative estimate of drug-likeness (QED) is 0.776. The number of nitrogens with one attached hydrogen (secondary N) is 2. The highest BCUT2D eigenvalue weighted by Crippen LogP contribution is 2.44. The van der Waals surface area contributed by atoms with Crippen LogP contribution in [0.5, 0.6) is 5.75 Å². The molecule has 0 bridgehead atoms. The number of carbonyl (C=O) groups is 1. The van der Waals surface area contributed by atoms with E-state index in [-0.39, 0.29) is 18.2 Å². The standard InChI is InChI=1S/C16H20F2N2O2/c17-16(18)22-13-4-2-1-3-12(13)19-9-14(21)20-15(10-5-6-10)11-7-8-11/h1-4,10-11,15-16,19H,5-9H2,(H,20,21). The van der Waals surface area contributed by atoms with Crippen molar-refractivity contribution in [2.75, 3.05) is 11.9 Å². The monoisotopic (exact) mass is 310 g/mol. The topological polar surface area (TPSA) is 50.4 Å². The number of amides is 1. The molecule has 1 aromatic rings. The number of hydrogen-bond donors (Lipinski definition) is 2. The van der Waals surface area contributed by atoms with Crippen molar-refractivity contribution in [1.82, 2.24) is 5.32 Å². The van der Waals surface area contributed by atoms with Gasteiger partial charge in [-0.05, 0) is 49.7 Å². The largest absolute Gasteiger partial charge is 0.433 e. The molecule has 2 fully saturated rings. The Hall–Kier alpha value is -1.85. The van der Waals surface area contributed by atoms with E-state index in [1.165, 1.54) is 31.7 Å². The molecule has 2 saturated carbocycles. The molecule has 0 aromatic heterocycles. The van der Waals surface area contributed by atoms with Gasteiger partial charge in [-0.25, -0.2) is 0 Å². The maximum absolute atomic E-state index is 12.3. The fourth-order valence-corrected chi connectivity index (χ4v) is 2.76. The van der Waals surface area contributed by atoms with Gasteiger partial charge in [0.2, 0.25) is 5.91 Å². The lowest BCUT2D eigenvalue weighted by molar-refractivity contribution is -0.120. The fourth-order valence-electron chi connectivity index (χ4n) is 2.76. The molecule has 3 rings (SSSR count). The molecule has 6 heteroatoms. The van der Waals surface area contributed by atoms with Crippen molar-refractivity contribution in [3.05, 3.63) is 24.3 Å². The van der Waals surface area contributed by atoms with Crippen LogP contribution in [0.4, 0.5) is 14.5 Å². The molecule has 0 atom stereocenters. The molecule has 0 saturated heterocycles. The van der Waals surface area contributed by atoms with Gasteiger partial charge in [0.15, 0.2) is 0 Å². The Labute approximate surface area is 128 Å². The summed E-state index contributed by atoms with van der Waals surface area (Å²) in [5.74, 6) is 1.21. The van der Waals surface area contributed by atoms with Crippen LogP contribution in [0.25, 0.3) is 0 Å². The molecule has 0 spiro atoms. The van der Waals surface area contributed by atoms with Crippen LogP contribution in [-0.2, 0) is 4.79 Å². The summed E-state index contributed by atoms with van der Waals surface area (Å²) in [6, 6.07) is 6.67. The van der Waals surface area contributed by atoms with E-state index in [1.807, 2.05) is 0 Å². The van der Waals surface area contributed by atoms with Gasteiger partial charge in [0.05, 0.1) is 12.2 Å². The Kier molecular flexibility index (Phi) is 4.45. The minimum atomic E-state index is -2.88. The van der Waals surface area contributed by atoms with E-state index in [2.05, 4.69) is 15.4 Å². The van der Waals surface area contributed by atoms with Crippen molar-refractivity contribution in [1.29, 1.82) is 0 Å². The van der Waals surface area contributed by atoms with Crippen LogP contribution >= 0.6 is 0 Å². The minimum Gasteiger partial charge on any atom is -0.433 e. The SMILES string of the molecule is O=C(CNc1ccccc1OC(F)F)NC(C1CC1)C1CC1. The highest BCUT2D eigenvalue weighted by atomic mass is 19.3. The molecule has 2 aliphatic carbocycles. The first-order valence-electron chi connectivity index (χ1n) is 7.70. The highest BCUT2D eigenvalue weighted by molar-refractivity contribution is 5.81. The van der Waals surface area contributed by atoms with Crippen molar-refractivity contribution >= 4 is 11.6 Å². The third-order valence-electron chi connectivity index (χ3n) is 4.13. The number of rotatable bonds is 8. The average Bonchev–Trinajstić information content (AvgIpc) is 3.37. The predicted octanol–water partition coefficient (Wildman–Crippen LogP) is 3.00. The maximum Gasteiger partial charge on any atom is 0.387 e. The third-order valence-corrected chi connectivity index (χ3v) is 4.13. The molecular formula is C16H20F2N2O2. The molecule has 22 heavy (non-hydrogen) atoms. The van der Waals surface area contributed by atoms with Gasteiger partial charge >= 0.3 is 6.61 Å². The van der Waals surface area contributed by atoms with Gasteiger partial charge in [-0.2, -0.15) is 8.78 Å². The van der Waals surface area contributed by atoms with E-state index in [9.17, 15) is 13.6 Å². The van der Waals surface area contributed by atoms with E-state index < -0.39 is 6.61 Å². The minimum absolute atomic E-state index is 0.0474. The second-order valence-corrected chi connectivity index (χ2v) is 6.00. The van der Waals surface area contributed by atoms with Gasteiger partial charge in [-0.15, -0.1) is 0 Å². The Balaban J connectivity index is 1.52. The van der Waals surface area contributed by atoms with Gasteiger partial charge < -0.3 is 15.4 Å². The third kappa shape index (κ3) is 4.08. The number of carbonyl (C=O) groups excluding carboxylic acids is 1. The van der Waals surface area contributed by atoms with Crippen molar-refractivity contribution in [3.8, 4) is 5.75 Å². The number of benzene rings is 1. The van der Waals surface area contributed by atoms with Crippen LogP contribution in [0.15, 0.2) is 24.3 Å². The number of ether oxygens (including phenoxy) is 1. The molecule has 0 radical (unpaired) electrons. The van der Waals surface area contributed by atoms with Gasteiger partial charge in [0, 0.05) is 6.04 Å². The summed E-state index contributed by atoms with van der Waals surface area (Å²) in [6.45, 7) is -2.83. The van der Waals surface area contributed by atoms with Gasteiger partial charge in [0.25, 0.3) is 0 Å². The molecule has 0 heterocycles. The summed E-state index contributed by atoms with van der Waals surface area (Å²) < 4.78 is 29.1.